The first kappa shape index (κ1) is 15.3. The summed E-state index contributed by atoms with van der Waals surface area (Å²) < 4.78 is 13.1. The molecule has 25 heavy (non-hydrogen) atoms. The molecule has 3 heterocycles. The molecule has 0 saturated carbocycles. The van der Waals surface area contributed by atoms with Crippen LogP contribution in [0.3, 0.4) is 0 Å². The Labute approximate surface area is 154 Å². The molecule has 2 aromatic carbocycles. The molecule has 3 nitrogen and oxygen atoms in total. The van der Waals surface area contributed by atoms with Crippen molar-refractivity contribution in [1.82, 2.24) is 4.98 Å². The minimum absolute atomic E-state index is 0.453. The van der Waals surface area contributed by atoms with E-state index in [9.17, 15) is 4.55 Å². The van der Waals surface area contributed by atoms with E-state index in [4.69, 9.17) is 0 Å². The molecule has 1 atom stereocenters. The van der Waals surface area contributed by atoms with Crippen LogP contribution >= 0.6 is 11.8 Å². The lowest BCUT2D eigenvalue weighted by molar-refractivity contribution is 0.593. The fourth-order valence-corrected chi connectivity index (χ4v) is 5.85. The average Bonchev–Trinajstić information content (AvgIpc) is 2.64. The molecule has 3 aromatic rings. The summed E-state index contributed by atoms with van der Waals surface area (Å²) in [6.45, 7) is 4.41. The van der Waals surface area contributed by atoms with E-state index < -0.39 is 11.2 Å². The zero-order valence-corrected chi connectivity index (χ0v) is 15.5. The number of anilines is 3. The summed E-state index contributed by atoms with van der Waals surface area (Å²) >= 11 is 0.546. The smallest absolute Gasteiger partial charge is 0.201 e. The van der Waals surface area contributed by atoms with Crippen LogP contribution in [0.2, 0.25) is 0 Å². The SMILES string of the molecule is CC(C)c1ccc2c(c1)N1c3ncccc3[S+]([O-])c3cccc(c31)S2. The Morgan fingerprint density at radius 2 is 1.88 bits per heavy atom. The second-order valence-corrected chi connectivity index (χ2v) is 9.02. The van der Waals surface area contributed by atoms with Crippen molar-refractivity contribution in [3.8, 4) is 0 Å². The van der Waals surface area contributed by atoms with E-state index in [1.165, 1.54) is 10.5 Å². The van der Waals surface area contributed by atoms with E-state index in [1.54, 1.807) is 18.0 Å². The van der Waals surface area contributed by atoms with Gasteiger partial charge in [-0.15, -0.1) is 0 Å². The number of benzene rings is 2. The summed E-state index contributed by atoms with van der Waals surface area (Å²) in [4.78, 5) is 10.8. The molecule has 0 bridgehead atoms. The number of pyridine rings is 1. The number of nitrogens with zero attached hydrogens (tertiary/aromatic N) is 2. The van der Waals surface area contributed by atoms with Gasteiger partial charge in [-0.1, -0.05) is 37.7 Å². The monoisotopic (exact) mass is 364 g/mol. The number of rotatable bonds is 1. The molecule has 0 N–H and O–H groups in total. The molecule has 1 aromatic heterocycles. The molecular weight excluding hydrogens is 348 g/mol. The quantitative estimate of drug-likeness (QED) is 0.411. The summed E-state index contributed by atoms with van der Waals surface area (Å²) in [5, 5.41) is 0. The largest absolute Gasteiger partial charge is 0.606 e. The molecule has 0 aliphatic carbocycles. The van der Waals surface area contributed by atoms with Crippen molar-refractivity contribution in [3.63, 3.8) is 0 Å². The van der Waals surface area contributed by atoms with E-state index in [1.807, 2.05) is 24.3 Å². The first-order valence-electron chi connectivity index (χ1n) is 8.27. The molecule has 0 fully saturated rings. The summed E-state index contributed by atoms with van der Waals surface area (Å²) in [7, 11) is 0. The van der Waals surface area contributed by atoms with E-state index >= 15 is 0 Å². The molecule has 0 saturated heterocycles. The van der Waals surface area contributed by atoms with Crippen LogP contribution in [0.25, 0.3) is 0 Å². The van der Waals surface area contributed by atoms with Crippen LogP contribution in [0.4, 0.5) is 17.2 Å². The Bertz CT molecular complexity index is 1000. The predicted octanol–water partition coefficient (Wildman–Crippen LogP) is 5.62. The second-order valence-electron chi connectivity index (χ2n) is 6.52. The number of hydrogen-bond donors (Lipinski definition) is 0. The third kappa shape index (κ3) is 2.16. The van der Waals surface area contributed by atoms with Gasteiger partial charge in [-0.2, -0.15) is 0 Å². The van der Waals surface area contributed by atoms with Crippen molar-refractivity contribution in [2.75, 3.05) is 4.90 Å². The van der Waals surface area contributed by atoms with Crippen molar-refractivity contribution < 1.29 is 4.55 Å². The topological polar surface area (TPSA) is 39.2 Å². The Hall–Kier alpha value is -1.95. The van der Waals surface area contributed by atoms with Gasteiger partial charge in [0.15, 0.2) is 10.7 Å². The van der Waals surface area contributed by atoms with Gasteiger partial charge < -0.3 is 4.55 Å². The fourth-order valence-electron chi connectivity index (χ4n) is 3.38. The fraction of sp³-hybridized carbons (Fsp3) is 0.150. The van der Waals surface area contributed by atoms with Gasteiger partial charge >= 0.3 is 0 Å². The summed E-state index contributed by atoms with van der Waals surface area (Å²) in [6, 6.07) is 16.5. The molecule has 1 unspecified atom stereocenters. The third-order valence-electron chi connectivity index (χ3n) is 4.66. The Balaban J connectivity index is 1.83. The minimum Gasteiger partial charge on any atom is -0.606 e. The maximum Gasteiger partial charge on any atom is 0.201 e. The van der Waals surface area contributed by atoms with Crippen molar-refractivity contribution in [3.05, 3.63) is 60.3 Å². The third-order valence-corrected chi connectivity index (χ3v) is 7.22. The van der Waals surface area contributed by atoms with Crippen molar-refractivity contribution in [2.24, 2.45) is 0 Å². The highest BCUT2D eigenvalue weighted by atomic mass is 32.2. The first-order chi connectivity index (χ1) is 12.1. The van der Waals surface area contributed by atoms with E-state index in [0.29, 0.717) is 5.92 Å². The molecule has 2 aliphatic rings. The van der Waals surface area contributed by atoms with Gasteiger partial charge in [0.05, 0.1) is 5.69 Å². The van der Waals surface area contributed by atoms with Crippen LogP contribution in [0.1, 0.15) is 25.3 Å². The maximum atomic E-state index is 13.1. The highest BCUT2D eigenvalue weighted by Crippen LogP contribution is 2.57. The maximum absolute atomic E-state index is 13.1. The van der Waals surface area contributed by atoms with Crippen molar-refractivity contribution >= 4 is 40.1 Å². The molecule has 5 rings (SSSR count). The second kappa shape index (κ2) is 5.53. The lowest BCUT2D eigenvalue weighted by Gasteiger charge is -2.37. The van der Waals surface area contributed by atoms with Crippen LogP contribution in [-0.4, -0.2) is 9.54 Å². The standard InChI is InChI=1S/C20H16N2OS2/c1-12(2)13-8-9-15-14(11-13)22-19-16(24-15)5-3-6-17(19)25(23)18-7-4-10-21-20(18)22/h3-12H,1-2H3. The molecule has 0 spiro atoms. The Kier molecular flexibility index (Phi) is 3.39. The lowest BCUT2D eigenvalue weighted by atomic mass is 10.0. The molecule has 124 valence electrons. The van der Waals surface area contributed by atoms with Gasteiger partial charge in [0.1, 0.15) is 5.69 Å². The normalized spacial score (nSPS) is 17.1. The van der Waals surface area contributed by atoms with Crippen molar-refractivity contribution in [2.45, 2.75) is 39.3 Å². The Morgan fingerprint density at radius 1 is 1.04 bits per heavy atom. The van der Waals surface area contributed by atoms with Gasteiger partial charge in [-0.25, -0.2) is 4.98 Å². The highest BCUT2D eigenvalue weighted by molar-refractivity contribution is 8.00. The molecule has 5 heteroatoms. The number of para-hydroxylation sites is 1. The van der Waals surface area contributed by atoms with Crippen LogP contribution in [0, 0.1) is 0 Å². The molecule has 0 radical (unpaired) electrons. The molecule has 0 amide bonds. The van der Waals surface area contributed by atoms with Crippen LogP contribution in [-0.2, 0) is 11.2 Å². The van der Waals surface area contributed by atoms with Crippen LogP contribution < -0.4 is 4.90 Å². The van der Waals surface area contributed by atoms with Gasteiger partial charge in [0, 0.05) is 27.2 Å². The lowest BCUT2D eigenvalue weighted by Crippen LogP contribution is -2.26. The molecular formula is C20H16N2OS2. The summed E-state index contributed by atoms with van der Waals surface area (Å²) in [6.07, 6.45) is 1.78. The van der Waals surface area contributed by atoms with Crippen LogP contribution in [0.5, 0.6) is 0 Å². The van der Waals surface area contributed by atoms with Crippen molar-refractivity contribution in [1.29, 1.82) is 0 Å². The zero-order valence-electron chi connectivity index (χ0n) is 13.9. The number of aromatic nitrogens is 1. The van der Waals surface area contributed by atoms with E-state index in [-0.39, 0.29) is 0 Å². The number of hydrogen-bond acceptors (Lipinski definition) is 4. The van der Waals surface area contributed by atoms with Gasteiger partial charge in [-0.3, -0.25) is 4.90 Å². The summed E-state index contributed by atoms with van der Waals surface area (Å²) in [5.41, 5.74) is 3.45. The summed E-state index contributed by atoms with van der Waals surface area (Å²) in [5.74, 6) is 1.23. The van der Waals surface area contributed by atoms with E-state index in [2.05, 4.69) is 48.0 Å². The van der Waals surface area contributed by atoms with Gasteiger partial charge in [0.2, 0.25) is 4.90 Å². The van der Waals surface area contributed by atoms with Gasteiger partial charge in [-0.05, 0) is 47.9 Å². The van der Waals surface area contributed by atoms with E-state index in [0.717, 1.165) is 31.9 Å². The predicted molar refractivity (Wildman–Crippen MR) is 102 cm³/mol. The Morgan fingerprint density at radius 3 is 2.72 bits per heavy atom. The zero-order chi connectivity index (χ0) is 17.1. The number of fused-ring (bicyclic) bond motifs is 4. The van der Waals surface area contributed by atoms with Gasteiger partial charge in [0.25, 0.3) is 0 Å². The average molecular weight is 364 g/mol. The first-order valence-corrected chi connectivity index (χ1v) is 10.2. The highest BCUT2D eigenvalue weighted by Gasteiger charge is 2.40. The molecule has 2 aliphatic heterocycles. The van der Waals surface area contributed by atoms with Crippen LogP contribution in [0.15, 0.2) is 74.3 Å². The minimum atomic E-state index is -1.20.